The zero-order chi connectivity index (χ0) is 17.4. The standard InChI is InChI=1S/C18H11Cl2N3OS/c19-12-3-6-15(20)14(9-12)17(24)21-13-4-1-11(2-5-13)16-10-23-7-8-25-18(23)22-16/h1-10H,(H,21,24). The first-order chi connectivity index (χ1) is 12.1. The lowest BCUT2D eigenvalue weighted by atomic mass is 10.1. The van der Waals surface area contributed by atoms with Crippen LogP contribution in [-0.4, -0.2) is 15.3 Å². The minimum atomic E-state index is -0.303. The molecule has 1 N–H and O–H groups in total. The molecule has 0 saturated heterocycles. The van der Waals surface area contributed by atoms with Crippen LogP contribution < -0.4 is 5.32 Å². The van der Waals surface area contributed by atoms with E-state index < -0.39 is 0 Å². The number of nitrogens with one attached hydrogen (secondary N) is 1. The number of carbonyl (C=O) groups is 1. The molecule has 25 heavy (non-hydrogen) atoms. The van der Waals surface area contributed by atoms with Crippen molar-refractivity contribution in [3.63, 3.8) is 0 Å². The maximum Gasteiger partial charge on any atom is 0.257 e. The average Bonchev–Trinajstić information content (AvgIpc) is 3.19. The molecular weight excluding hydrogens is 377 g/mol. The lowest BCUT2D eigenvalue weighted by Gasteiger charge is -2.08. The van der Waals surface area contributed by atoms with Crippen LogP contribution in [0.1, 0.15) is 10.4 Å². The van der Waals surface area contributed by atoms with Crippen LogP contribution >= 0.6 is 34.5 Å². The molecule has 2 aromatic carbocycles. The molecule has 0 spiro atoms. The summed E-state index contributed by atoms with van der Waals surface area (Å²) in [4.78, 5) is 17.9. The van der Waals surface area contributed by atoms with Gasteiger partial charge in [-0.1, -0.05) is 35.3 Å². The summed E-state index contributed by atoms with van der Waals surface area (Å²) in [6.45, 7) is 0. The Kier molecular flexibility index (Phi) is 4.21. The van der Waals surface area contributed by atoms with Crippen molar-refractivity contribution in [3.05, 3.63) is 75.8 Å². The third kappa shape index (κ3) is 3.26. The first-order valence-corrected chi connectivity index (χ1v) is 9.03. The van der Waals surface area contributed by atoms with Gasteiger partial charge in [0.05, 0.1) is 16.3 Å². The van der Waals surface area contributed by atoms with Crippen molar-refractivity contribution in [3.8, 4) is 11.3 Å². The minimum Gasteiger partial charge on any atom is -0.322 e. The van der Waals surface area contributed by atoms with Crippen LogP contribution in [0.5, 0.6) is 0 Å². The molecule has 1 amide bonds. The van der Waals surface area contributed by atoms with E-state index in [-0.39, 0.29) is 5.91 Å². The predicted molar refractivity (Wildman–Crippen MR) is 103 cm³/mol. The molecule has 0 aliphatic carbocycles. The van der Waals surface area contributed by atoms with Gasteiger partial charge in [0.25, 0.3) is 5.91 Å². The number of rotatable bonds is 3. The second kappa shape index (κ2) is 6.52. The van der Waals surface area contributed by atoms with Gasteiger partial charge in [-0.3, -0.25) is 9.20 Å². The molecule has 0 aliphatic rings. The minimum absolute atomic E-state index is 0.303. The Bertz CT molecular complexity index is 1040. The molecule has 0 aliphatic heterocycles. The quantitative estimate of drug-likeness (QED) is 0.495. The Morgan fingerprint density at radius 1 is 1.12 bits per heavy atom. The lowest BCUT2D eigenvalue weighted by Crippen LogP contribution is -2.12. The largest absolute Gasteiger partial charge is 0.322 e. The molecule has 4 nitrogen and oxygen atoms in total. The molecule has 0 saturated carbocycles. The van der Waals surface area contributed by atoms with E-state index in [1.165, 1.54) is 0 Å². The third-order valence-electron chi connectivity index (χ3n) is 3.70. The van der Waals surface area contributed by atoms with Crippen molar-refractivity contribution >= 4 is 51.1 Å². The highest BCUT2D eigenvalue weighted by Gasteiger charge is 2.12. The number of aromatic nitrogens is 2. The lowest BCUT2D eigenvalue weighted by molar-refractivity contribution is 0.102. The molecule has 4 rings (SSSR count). The van der Waals surface area contributed by atoms with E-state index in [1.54, 1.807) is 29.5 Å². The van der Waals surface area contributed by atoms with Gasteiger partial charge in [-0.05, 0) is 30.3 Å². The fourth-order valence-electron chi connectivity index (χ4n) is 2.46. The highest BCUT2D eigenvalue weighted by molar-refractivity contribution is 7.15. The van der Waals surface area contributed by atoms with Gasteiger partial charge in [0.15, 0.2) is 4.96 Å². The van der Waals surface area contributed by atoms with E-state index in [0.29, 0.717) is 21.3 Å². The molecule has 0 radical (unpaired) electrons. The van der Waals surface area contributed by atoms with Gasteiger partial charge in [0.1, 0.15) is 0 Å². The van der Waals surface area contributed by atoms with E-state index in [4.69, 9.17) is 23.2 Å². The van der Waals surface area contributed by atoms with Crippen molar-refractivity contribution in [1.82, 2.24) is 9.38 Å². The van der Waals surface area contributed by atoms with E-state index in [1.807, 2.05) is 46.4 Å². The van der Waals surface area contributed by atoms with Crippen molar-refractivity contribution < 1.29 is 4.79 Å². The van der Waals surface area contributed by atoms with Gasteiger partial charge in [-0.25, -0.2) is 4.98 Å². The van der Waals surface area contributed by atoms with E-state index in [2.05, 4.69) is 10.3 Å². The summed E-state index contributed by atoms with van der Waals surface area (Å²) in [6.07, 6.45) is 3.95. The van der Waals surface area contributed by atoms with Crippen LogP contribution in [0.3, 0.4) is 0 Å². The number of fused-ring (bicyclic) bond motifs is 1. The Labute approximate surface area is 157 Å². The Balaban J connectivity index is 1.55. The number of halogens is 2. The van der Waals surface area contributed by atoms with Gasteiger partial charge < -0.3 is 5.32 Å². The van der Waals surface area contributed by atoms with E-state index >= 15 is 0 Å². The maximum atomic E-state index is 12.4. The van der Waals surface area contributed by atoms with Crippen LogP contribution in [0.25, 0.3) is 16.2 Å². The number of hydrogen-bond donors (Lipinski definition) is 1. The number of benzene rings is 2. The monoisotopic (exact) mass is 387 g/mol. The van der Waals surface area contributed by atoms with E-state index in [0.717, 1.165) is 16.2 Å². The highest BCUT2D eigenvalue weighted by Crippen LogP contribution is 2.25. The molecule has 0 fully saturated rings. The fraction of sp³-hybridized carbons (Fsp3) is 0. The van der Waals surface area contributed by atoms with Crippen LogP contribution in [-0.2, 0) is 0 Å². The number of imidazole rings is 1. The number of thiazole rings is 1. The molecule has 0 unspecified atom stereocenters. The maximum absolute atomic E-state index is 12.4. The average molecular weight is 388 g/mol. The number of carbonyl (C=O) groups excluding carboxylic acids is 1. The number of anilines is 1. The SMILES string of the molecule is O=C(Nc1ccc(-c2cn3ccsc3n2)cc1)c1cc(Cl)ccc1Cl. The summed E-state index contributed by atoms with van der Waals surface area (Å²) in [5.74, 6) is -0.303. The van der Waals surface area contributed by atoms with Gasteiger partial charge >= 0.3 is 0 Å². The fourth-order valence-corrected chi connectivity index (χ4v) is 3.54. The molecule has 124 valence electrons. The van der Waals surface area contributed by atoms with Gasteiger partial charge in [-0.2, -0.15) is 0 Å². The Hall–Kier alpha value is -2.34. The van der Waals surface area contributed by atoms with Crippen molar-refractivity contribution in [2.45, 2.75) is 0 Å². The van der Waals surface area contributed by atoms with Crippen molar-refractivity contribution in [1.29, 1.82) is 0 Å². The topological polar surface area (TPSA) is 46.4 Å². The van der Waals surface area contributed by atoms with Gasteiger partial charge in [-0.15, -0.1) is 11.3 Å². The van der Waals surface area contributed by atoms with Crippen molar-refractivity contribution in [2.75, 3.05) is 5.32 Å². The van der Waals surface area contributed by atoms with Crippen LogP contribution in [0, 0.1) is 0 Å². The smallest absolute Gasteiger partial charge is 0.257 e. The number of nitrogens with zero attached hydrogens (tertiary/aromatic N) is 2. The summed E-state index contributed by atoms with van der Waals surface area (Å²) >= 11 is 13.6. The normalized spacial score (nSPS) is 11.0. The predicted octanol–water partition coefficient (Wildman–Crippen LogP) is 5.62. The molecular formula is C18H11Cl2N3OS. The summed E-state index contributed by atoms with van der Waals surface area (Å²) in [5.41, 5.74) is 2.88. The highest BCUT2D eigenvalue weighted by atomic mass is 35.5. The van der Waals surface area contributed by atoms with Crippen molar-refractivity contribution in [2.24, 2.45) is 0 Å². The van der Waals surface area contributed by atoms with Crippen LogP contribution in [0.15, 0.2) is 60.2 Å². The molecule has 2 aromatic heterocycles. The van der Waals surface area contributed by atoms with Gasteiger partial charge in [0, 0.05) is 34.0 Å². The molecule has 2 heterocycles. The first-order valence-electron chi connectivity index (χ1n) is 7.39. The first kappa shape index (κ1) is 16.1. The van der Waals surface area contributed by atoms with Crippen LogP contribution in [0.2, 0.25) is 10.0 Å². The molecule has 0 bridgehead atoms. The zero-order valence-corrected chi connectivity index (χ0v) is 15.1. The van der Waals surface area contributed by atoms with Gasteiger partial charge in [0.2, 0.25) is 0 Å². The molecule has 7 heteroatoms. The molecule has 4 aromatic rings. The summed E-state index contributed by atoms with van der Waals surface area (Å²) in [7, 11) is 0. The Morgan fingerprint density at radius 3 is 2.68 bits per heavy atom. The second-order valence-corrected chi connectivity index (χ2v) is 7.09. The second-order valence-electron chi connectivity index (χ2n) is 5.37. The van der Waals surface area contributed by atoms with Crippen LogP contribution in [0.4, 0.5) is 5.69 Å². The van der Waals surface area contributed by atoms with E-state index in [9.17, 15) is 4.79 Å². The summed E-state index contributed by atoms with van der Waals surface area (Å²) in [5, 5.41) is 5.63. The number of hydrogen-bond acceptors (Lipinski definition) is 3. The summed E-state index contributed by atoms with van der Waals surface area (Å²) < 4.78 is 1.98. The molecule has 0 atom stereocenters. The summed E-state index contributed by atoms with van der Waals surface area (Å²) in [6, 6.07) is 12.3. The number of amides is 1. The third-order valence-corrected chi connectivity index (χ3v) is 5.04. The Morgan fingerprint density at radius 2 is 1.92 bits per heavy atom. The zero-order valence-electron chi connectivity index (χ0n) is 12.7.